The summed E-state index contributed by atoms with van der Waals surface area (Å²) in [5.41, 5.74) is 4.08. The van der Waals surface area contributed by atoms with E-state index >= 15 is 0 Å². The molecule has 0 unspecified atom stereocenters. The molecule has 2 aromatic carbocycles. The molecule has 1 amide bonds. The molecule has 1 aromatic heterocycles. The predicted octanol–water partition coefficient (Wildman–Crippen LogP) is 2.74. The number of rotatable bonds is 5. The Kier molecular flexibility index (Phi) is 6.97. The van der Waals surface area contributed by atoms with Gasteiger partial charge in [-0.2, -0.15) is 0 Å². The first-order valence-corrected chi connectivity index (χ1v) is 12.2. The van der Waals surface area contributed by atoms with Crippen LogP contribution in [-0.4, -0.2) is 88.0 Å². The number of aromatic nitrogens is 2. The molecule has 36 heavy (non-hydrogen) atoms. The van der Waals surface area contributed by atoms with E-state index in [0.29, 0.717) is 25.7 Å². The Hall–Kier alpha value is -3.76. The van der Waals surface area contributed by atoms with Gasteiger partial charge in [0.25, 0.3) is 5.91 Å². The Morgan fingerprint density at radius 1 is 0.944 bits per heavy atom. The summed E-state index contributed by atoms with van der Waals surface area (Å²) in [5, 5.41) is 11.0. The van der Waals surface area contributed by atoms with Crippen molar-refractivity contribution in [3.63, 3.8) is 0 Å². The van der Waals surface area contributed by atoms with Crippen LogP contribution >= 0.6 is 0 Å². The normalized spacial score (nSPS) is 17.1. The van der Waals surface area contributed by atoms with Crippen LogP contribution in [0, 0.1) is 10.1 Å². The van der Waals surface area contributed by atoms with E-state index in [9.17, 15) is 14.9 Å². The molecule has 0 atom stereocenters. The number of nitrogens with zero attached hydrogens (tertiary/aromatic N) is 6. The molecule has 2 aliphatic heterocycles. The van der Waals surface area contributed by atoms with Crippen molar-refractivity contribution in [2.45, 2.75) is 13.1 Å². The van der Waals surface area contributed by atoms with E-state index in [1.807, 2.05) is 29.2 Å². The molecule has 0 bridgehead atoms. The maximum absolute atomic E-state index is 12.8. The second kappa shape index (κ2) is 10.5. The number of imidazole rings is 1. The van der Waals surface area contributed by atoms with Crippen molar-refractivity contribution in [1.29, 1.82) is 0 Å². The van der Waals surface area contributed by atoms with Gasteiger partial charge in [0.1, 0.15) is 12.8 Å². The van der Waals surface area contributed by atoms with Crippen LogP contribution in [-0.2, 0) is 13.1 Å². The van der Waals surface area contributed by atoms with Crippen LogP contribution in [0.15, 0.2) is 54.7 Å². The molecule has 188 valence electrons. The molecule has 0 radical (unpaired) electrons. The van der Waals surface area contributed by atoms with Crippen LogP contribution < -0.4 is 4.74 Å². The van der Waals surface area contributed by atoms with Crippen molar-refractivity contribution in [2.75, 3.05) is 52.9 Å². The van der Waals surface area contributed by atoms with E-state index in [1.54, 1.807) is 4.57 Å². The second-order valence-electron chi connectivity index (χ2n) is 9.33. The molecular weight excluding hydrogens is 460 g/mol. The summed E-state index contributed by atoms with van der Waals surface area (Å²) < 4.78 is 7.35. The van der Waals surface area contributed by atoms with E-state index in [-0.39, 0.29) is 11.7 Å². The number of fused-ring (bicyclic) bond motifs is 1. The average Bonchev–Trinajstić information content (AvgIpc) is 3.29. The number of hydrogen-bond donors (Lipinski definition) is 0. The lowest BCUT2D eigenvalue weighted by molar-refractivity contribution is -0.389. The highest BCUT2D eigenvalue weighted by molar-refractivity contribution is 5.94. The first kappa shape index (κ1) is 24.0. The molecule has 5 rings (SSSR count). The minimum absolute atomic E-state index is 0.0969. The number of ether oxygens (including phenoxy) is 1. The highest BCUT2D eigenvalue weighted by atomic mass is 16.6. The summed E-state index contributed by atoms with van der Waals surface area (Å²) in [7, 11) is 2.08. The zero-order valence-electron chi connectivity index (χ0n) is 20.4. The molecule has 3 aromatic rings. The van der Waals surface area contributed by atoms with Crippen LogP contribution in [0.5, 0.6) is 6.01 Å². The van der Waals surface area contributed by atoms with Gasteiger partial charge in [0.05, 0.1) is 0 Å². The number of benzene rings is 2. The fourth-order valence-corrected chi connectivity index (χ4v) is 4.59. The molecule has 0 N–H and O–H groups in total. The molecule has 0 saturated carbocycles. The van der Waals surface area contributed by atoms with Crippen LogP contribution in [0.3, 0.4) is 0 Å². The van der Waals surface area contributed by atoms with E-state index in [2.05, 4.69) is 46.1 Å². The summed E-state index contributed by atoms with van der Waals surface area (Å²) >= 11 is 0. The standard InChI is InChI=1S/C26H30N6O4/c1-28-10-13-30(14-11-28)25(33)23-8-6-22(7-9-23)21-4-2-20(3-5-21)18-29-12-15-31-19-24(32(34)35)27-26(31)36-17-16-29/h2-9,19H,10-18H2,1H3. The van der Waals surface area contributed by atoms with Gasteiger partial charge in [-0.1, -0.05) is 36.4 Å². The monoisotopic (exact) mass is 490 g/mol. The van der Waals surface area contributed by atoms with Crippen molar-refractivity contribution in [3.05, 3.63) is 76.0 Å². The summed E-state index contributed by atoms with van der Waals surface area (Å²) in [6.45, 7) is 6.57. The Labute approximate surface area is 209 Å². The predicted molar refractivity (Wildman–Crippen MR) is 135 cm³/mol. The molecule has 0 spiro atoms. The third-order valence-electron chi connectivity index (χ3n) is 6.83. The fourth-order valence-electron chi connectivity index (χ4n) is 4.59. The number of nitro groups is 1. The first-order chi connectivity index (χ1) is 17.5. The zero-order chi connectivity index (χ0) is 25.1. The largest absolute Gasteiger partial charge is 0.444 e. The molecule has 2 aliphatic rings. The lowest BCUT2D eigenvalue weighted by Crippen LogP contribution is -2.47. The van der Waals surface area contributed by atoms with Gasteiger partial charge in [-0.3, -0.25) is 14.3 Å². The van der Waals surface area contributed by atoms with Gasteiger partial charge in [-0.15, -0.1) is 0 Å². The summed E-state index contributed by atoms with van der Waals surface area (Å²) in [6.07, 6.45) is 1.43. The van der Waals surface area contributed by atoms with Crippen molar-refractivity contribution >= 4 is 11.7 Å². The molecule has 10 nitrogen and oxygen atoms in total. The highest BCUT2D eigenvalue weighted by Crippen LogP contribution is 2.23. The van der Waals surface area contributed by atoms with Crippen molar-refractivity contribution in [1.82, 2.24) is 24.3 Å². The number of hydrogen-bond acceptors (Lipinski definition) is 7. The van der Waals surface area contributed by atoms with Gasteiger partial charge in [0.15, 0.2) is 0 Å². The number of carbonyl (C=O) groups is 1. The van der Waals surface area contributed by atoms with Crippen molar-refractivity contribution < 1.29 is 14.5 Å². The van der Waals surface area contributed by atoms with Gasteiger partial charge in [0, 0.05) is 62.9 Å². The SMILES string of the molecule is CN1CCN(C(=O)c2ccc(-c3ccc(CN4CCOc5nc([N+](=O)[O-])cn5CC4)cc3)cc2)CC1. The Morgan fingerprint density at radius 3 is 2.28 bits per heavy atom. The molecular formula is C26H30N6O4. The number of likely N-dealkylation sites (N-methyl/N-ethyl adjacent to an activating group) is 1. The molecule has 1 saturated heterocycles. The number of amides is 1. The second-order valence-corrected chi connectivity index (χ2v) is 9.33. The number of piperazine rings is 1. The van der Waals surface area contributed by atoms with E-state index in [4.69, 9.17) is 4.74 Å². The first-order valence-electron chi connectivity index (χ1n) is 12.2. The number of carbonyl (C=O) groups excluding carboxylic acids is 1. The van der Waals surface area contributed by atoms with Gasteiger partial charge in [-0.25, -0.2) is 0 Å². The molecule has 3 heterocycles. The minimum atomic E-state index is -0.500. The minimum Gasteiger partial charge on any atom is -0.444 e. The van der Waals surface area contributed by atoms with Crippen LogP contribution in [0.4, 0.5) is 5.82 Å². The van der Waals surface area contributed by atoms with Crippen LogP contribution in [0.1, 0.15) is 15.9 Å². The Balaban J connectivity index is 1.18. The maximum atomic E-state index is 12.8. The summed E-state index contributed by atoms with van der Waals surface area (Å²) in [4.78, 5) is 33.7. The summed E-state index contributed by atoms with van der Waals surface area (Å²) in [5.74, 6) is -0.0922. The molecule has 10 heteroatoms. The Bertz CT molecular complexity index is 1220. The van der Waals surface area contributed by atoms with Gasteiger partial charge >= 0.3 is 11.8 Å². The maximum Gasteiger partial charge on any atom is 0.414 e. The highest BCUT2D eigenvalue weighted by Gasteiger charge is 2.23. The fraction of sp³-hybridized carbons (Fsp3) is 0.385. The lowest BCUT2D eigenvalue weighted by atomic mass is 10.0. The van der Waals surface area contributed by atoms with Crippen molar-refractivity contribution in [2.24, 2.45) is 0 Å². The van der Waals surface area contributed by atoms with Gasteiger partial charge in [-0.05, 0) is 40.8 Å². The zero-order valence-corrected chi connectivity index (χ0v) is 20.4. The molecule has 1 fully saturated rings. The molecule has 0 aliphatic carbocycles. The quantitative estimate of drug-likeness (QED) is 0.401. The van der Waals surface area contributed by atoms with Crippen LogP contribution in [0.25, 0.3) is 11.1 Å². The third kappa shape index (κ3) is 5.39. The smallest absolute Gasteiger partial charge is 0.414 e. The van der Waals surface area contributed by atoms with Gasteiger partial charge in [0.2, 0.25) is 0 Å². The summed E-state index contributed by atoms with van der Waals surface area (Å²) in [6, 6.07) is 16.6. The van der Waals surface area contributed by atoms with Crippen LogP contribution in [0.2, 0.25) is 0 Å². The van der Waals surface area contributed by atoms with E-state index in [0.717, 1.165) is 56.0 Å². The third-order valence-corrected chi connectivity index (χ3v) is 6.83. The van der Waals surface area contributed by atoms with Crippen molar-refractivity contribution in [3.8, 4) is 17.1 Å². The average molecular weight is 491 g/mol. The van der Waals surface area contributed by atoms with E-state index < -0.39 is 4.92 Å². The topological polar surface area (TPSA) is 97.0 Å². The Morgan fingerprint density at radius 2 is 1.61 bits per heavy atom. The van der Waals surface area contributed by atoms with E-state index in [1.165, 1.54) is 11.8 Å². The van der Waals surface area contributed by atoms with Gasteiger partial charge < -0.3 is 24.7 Å². The lowest BCUT2D eigenvalue weighted by Gasteiger charge is -2.32.